The van der Waals surface area contributed by atoms with Crippen LogP contribution in [0.1, 0.15) is 47.2 Å². The van der Waals surface area contributed by atoms with E-state index in [0.29, 0.717) is 21.6 Å². The number of thiophene rings is 1. The van der Waals surface area contributed by atoms with Gasteiger partial charge in [-0.05, 0) is 57.7 Å². The number of hydrogen-bond acceptors (Lipinski definition) is 5. The second-order valence-electron chi connectivity index (χ2n) is 7.42. The normalized spacial score (nSPS) is 17.0. The zero-order valence-corrected chi connectivity index (χ0v) is 17.4. The Morgan fingerprint density at radius 3 is 2.62 bits per heavy atom. The predicted octanol–water partition coefficient (Wildman–Crippen LogP) is 5.22. The largest absolute Gasteiger partial charge is 0.353 e. The van der Waals surface area contributed by atoms with Gasteiger partial charge in [-0.3, -0.25) is 4.79 Å². The molecule has 3 aromatic rings. The van der Waals surface area contributed by atoms with Crippen molar-refractivity contribution in [1.82, 2.24) is 9.97 Å². The highest BCUT2D eigenvalue weighted by molar-refractivity contribution is 7.20. The van der Waals surface area contributed by atoms with Gasteiger partial charge in [0.1, 0.15) is 33.8 Å². The van der Waals surface area contributed by atoms with Gasteiger partial charge in [-0.25, -0.2) is 18.7 Å². The third-order valence-corrected chi connectivity index (χ3v) is 6.55. The fourth-order valence-electron chi connectivity index (χ4n) is 3.85. The van der Waals surface area contributed by atoms with Gasteiger partial charge in [-0.1, -0.05) is 6.07 Å². The fourth-order valence-corrected chi connectivity index (χ4v) is 4.96. The van der Waals surface area contributed by atoms with Crippen LogP contribution in [0.15, 0.2) is 18.2 Å². The number of nitrogens with one attached hydrogen (secondary N) is 1. The van der Waals surface area contributed by atoms with Crippen LogP contribution >= 0.6 is 11.3 Å². The molecule has 0 bridgehead atoms. The maximum Gasteiger partial charge on any atom is 0.266 e. The summed E-state index contributed by atoms with van der Waals surface area (Å²) in [4.78, 5) is 25.4. The maximum absolute atomic E-state index is 14.0. The van der Waals surface area contributed by atoms with E-state index in [0.717, 1.165) is 48.3 Å². The van der Waals surface area contributed by atoms with E-state index in [1.165, 1.54) is 23.8 Å². The van der Waals surface area contributed by atoms with Gasteiger partial charge in [-0.2, -0.15) is 0 Å². The summed E-state index contributed by atoms with van der Waals surface area (Å²) < 4.78 is 27.9. The average molecular weight is 416 g/mol. The van der Waals surface area contributed by atoms with Crippen molar-refractivity contribution in [3.05, 3.63) is 46.1 Å². The molecule has 5 nitrogen and oxygen atoms in total. The van der Waals surface area contributed by atoms with Crippen molar-refractivity contribution in [1.29, 1.82) is 0 Å². The summed E-state index contributed by atoms with van der Waals surface area (Å²) in [6.45, 7) is 6.76. The van der Waals surface area contributed by atoms with Gasteiger partial charge in [0, 0.05) is 12.6 Å². The zero-order valence-electron chi connectivity index (χ0n) is 16.6. The number of hydrogen-bond donors (Lipinski definition) is 1. The van der Waals surface area contributed by atoms with E-state index in [1.807, 2.05) is 13.8 Å². The lowest BCUT2D eigenvalue weighted by atomic mass is 10.0. The van der Waals surface area contributed by atoms with E-state index < -0.39 is 23.2 Å². The highest BCUT2D eigenvalue weighted by Gasteiger charge is 2.27. The van der Waals surface area contributed by atoms with Crippen molar-refractivity contribution >= 4 is 39.0 Å². The lowest BCUT2D eigenvalue weighted by Crippen LogP contribution is -2.38. The Morgan fingerprint density at radius 2 is 1.93 bits per heavy atom. The molecule has 1 fully saturated rings. The molecule has 152 valence electrons. The molecule has 1 N–H and O–H groups in total. The number of aromatic nitrogens is 2. The topological polar surface area (TPSA) is 58.1 Å². The van der Waals surface area contributed by atoms with Gasteiger partial charge < -0.3 is 10.2 Å². The van der Waals surface area contributed by atoms with Gasteiger partial charge in [0.05, 0.1) is 10.3 Å². The van der Waals surface area contributed by atoms with E-state index in [-0.39, 0.29) is 0 Å². The molecule has 0 spiro atoms. The van der Waals surface area contributed by atoms with Gasteiger partial charge >= 0.3 is 0 Å². The smallest absolute Gasteiger partial charge is 0.266 e. The minimum absolute atomic E-state index is 0.352. The van der Waals surface area contributed by atoms with Gasteiger partial charge in [0.15, 0.2) is 0 Å². The van der Waals surface area contributed by atoms with E-state index in [1.54, 1.807) is 0 Å². The molecule has 0 aliphatic carbocycles. The summed E-state index contributed by atoms with van der Waals surface area (Å²) in [5, 5.41) is 3.22. The monoisotopic (exact) mass is 416 g/mol. The summed E-state index contributed by atoms with van der Waals surface area (Å²) in [6.07, 6.45) is 3.38. The molecule has 3 heterocycles. The van der Waals surface area contributed by atoms with Crippen LogP contribution in [0.25, 0.3) is 10.2 Å². The first-order valence-corrected chi connectivity index (χ1v) is 10.5. The number of amides is 1. The van der Waals surface area contributed by atoms with E-state index in [9.17, 15) is 13.6 Å². The molecule has 1 saturated heterocycles. The minimum Gasteiger partial charge on any atom is -0.353 e. The molecular weight excluding hydrogens is 394 g/mol. The number of anilines is 2. The molecule has 1 atom stereocenters. The first kappa shape index (κ1) is 19.7. The number of halogens is 2. The number of benzene rings is 1. The number of piperidine rings is 1. The summed E-state index contributed by atoms with van der Waals surface area (Å²) in [6, 6.07) is 3.84. The number of para-hydroxylation sites is 1. The van der Waals surface area contributed by atoms with Crippen LogP contribution in [-0.2, 0) is 0 Å². The van der Waals surface area contributed by atoms with Crippen molar-refractivity contribution < 1.29 is 13.6 Å². The molecule has 8 heteroatoms. The highest BCUT2D eigenvalue weighted by atomic mass is 32.1. The molecule has 0 radical (unpaired) electrons. The molecule has 1 aliphatic rings. The Morgan fingerprint density at radius 1 is 1.21 bits per heavy atom. The number of fused-ring (bicyclic) bond motifs is 1. The number of carbonyl (C=O) groups excluding carboxylic acids is 1. The summed E-state index contributed by atoms with van der Waals surface area (Å²) in [7, 11) is 0. The predicted molar refractivity (Wildman–Crippen MR) is 112 cm³/mol. The Bertz CT molecular complexity index is 1080. The fraction of sp³-hybridized carbons (Fsp3) is 0.381. The van der Waals surface area contributed by atoms with Crippen molar-refractivity contribution in [3.8, 4) is 0 Å². The number of aryl methyl sites for hydroxylation is 2. The van der Waals surface area contributed by atoms with Gasteiger partial charge in [0.25, 0.3) is 5.91 Å². The average Bonchev–Trinajstić information content (AvgIpc) is 3.01. The Balaban J connectivity index is 1.78. The molecule has 1 unspecified atom stereocenters. The Hall–Kier alpha value is -2.61. The van der Waals surface area contributed by atoms with Crippen LogP contribution in [0.2, 0.25) is 0 Å². The number of nitrogens with zero attached hydrogens (tertiary/aromatic N) is 3. The van der Waals surface area contributed by atoms with Crippen molar-refractivity contribution in [2.75, 3.05) is 16.8 Å². The third kappa shape index (κ3) is 3.57. The van der Waals surface area contributed by atoms with Gasteiger partial charge in [0.2, 0.25) is 0 Å². The molecule has 1 aliphatic heterocycles. The molecule has 1 aromatic carbocycles. The first-order chi connectivity index (χ1) is 13.9. The van der Waals surface area contributed by atoms with Crippen LogP contribution in [-0.4, -0.2) is 28.5 Å². The SMILES string of the molecule is Cc1nc(N2CCCCC2C)c2c(C)c(C(=O)Nc3c(F)cccc3F)sc2n1. The molecule has 1 amide bonds. The molecule has 0 saturated carbocycles. The van der Waals surface area contributed by atoms with Crippen molar-refractivity contribution in [2.24, 2.45) is 0 Å². The number of carbonyl (C=O) groups is 1. The van der Waals surface area contributed by atoms with Crippen LogP contribution in [0.3, 0.4) is 0 Å². The van der Waals surface area contributed by atoms with Crippen LogP contribution < -0.4 is 10.2 Å². The minimum atomic E-state index is -0.810. The molecule has 29 heavy (non-hydrogen) atoms. The van der Waals surface area contributed by atoms with Crippen LogP contribution in [0, 0.1) is 25.5 Å². The Labute approximate surface area is 171 Å². The van der Waals surface area contributed by atoms with Crippen LogP contribution in [0.5, 0.6) is 0 Å². The first-order valence-electron chi connectivity index (χ1n) is 9.66. The van der Waals surface area contributed by atoms with E-state index >= 15 is 0 Å². The quantitative estimate of drug-likeness (QED) is 0.636. The second-order valence-corrected chi connectivity index (χ2v) is 8.42. The van der Waals surface area contributed by atoms with E-state index in [2.05, 4.69) is 22.1 Å². The lowest BCUT2D eigenvalue weighted by Gasteiger charge is -2.35. The Kier molecular flexibility index (Phi) is 5.21. The lowest BCUT2D eigenvalue weighted by molar-refractivity contribution is 0.102. The third-order valence-electron chi connectivity index (χ3n) is 5.37. The van der Waals surface area contributed by atoms with Gasteiger partial charge in [-0.15, -0.1) is 11.3 Å². The number of rotatable bonds is 3. The van der Waals surface area contributed by atoms with Crippen molar-refractivity contribution in [3.63, 3.8) is 0 Å². The maximum atomic E-state index is 14.0. The van der Waals surface area contributed by atoms with Crippen molar-refractivity contribution in [2.45, 2.75) is 46.1 Å². The second kappa shape index (κ2) is 7.67. The highest BCUT2D eigenvalue weighted by Crippen LogP contribution is 2.38. The van der Waals surface area contributed by atoms with Crippen LogP contribution in [0.4, 0.5) is 20.3 Å². The molecular formula is C21H22F2N4OS. The summed E-state index contributed by atoms with van der Waals surface area (Å²) in [5.74, 6) is -0.695. The zero-order chi connectivity index (χ0) is 20.7. The van der Waals surface area contributed by atoms with E-state index in [4.69, 9.17) is 4.98 Å². The summed E-state index contributed by atoms with van der Waals surface area (Å²) in [5.41, 5.74) is 0.286. The summed E-state index contributed by atoms with van der Waals surface area (Å²) >= 11 is 1.22. The molecule has 4 rings (SSSR count). The standard InChI is InChI=1S/C21H22F2N4OS/c1-11-7-4-5-10-27(11)19-16-12(2)18(29-21(16)25-13(3)24-19)20(28)26-17-14(22)8-6-9-15(17)23/h6,8-9,11H,4-5,7,10H2,1-3H3,(H,26,28). The molecule has 2 aromatic heterocycles.